The molecule has 0 fully saturated rings. The normalized spacial score (nSPS) is 21.0. The zero-order chi connectivity index (χ0) is 19.5. The van der Waals surface area contributed by atoms with Crippen LogP contribution in [0.5, 0.6) is 5.88 Å². The number of nitrogens with one attached hydrogen (secondary N) is 1. The van der Waals surface area contributed by atoms with Gasteiger partial charge in [0.25, 0.3) is 0 Å². The number of fused-ring (bicyclic) bond motifs is 3. The molecule has 3 N–H and O–H groups in total. The molecule has 0 saturated heterocycles. The number of benzene rings is 1. The highest BCUT2D eigenvalue weighted by Gasteiger charge is 2.30. The van der Waals surface area contributed by atoms with Crippen LogP contribution in [0.4, 0.5) is 10.5 Å². The van der Waals surface area contributed by atoms with E-state index in [-0.39, 0.29) is 16.9 Å². The van der Waals surface area contributed by atoms with E-state index in [1.807, 2.05) is 0 Å². The van der Waals surface area contributed by atoms with Gasteiger partial charge in [0.1, 0.15) is 17.6 Å². The maximum absolute atomic E-state index is 13.0. The lowest BCUT2D eigenvalue weighted by Gasteiger charge is -2.31. The minimum atomic E-state index is -3.50. The number of amides is 2. The molecule has 5 rings (SSSR count). The number of nitrogens with zero attached hydrogens (tertiary/aromatic N) is 3. The fourth-order valence-electron chi connectivity index (χ4n) is 3.92. The monoisotopic (exact) mass is 403 g/mol. The Morgan fingerprint density at radius 2 is 2.07 bits per heavy atom. The first kappa shape index (κ1) is 17.7. The van der Waals surface area contributed by atoms with E-state index in [0.717, 1.165) is 42.5 Å². The van der Waals surface area contributed by atoms with E-state index in [0.29, 0.717) is 13.2 Å². The van der Waals surface area contributed by atoms with Gasteiger partial charge in [-0.05, 0) is 47.9 Å². The number of methoxy groups -OCH3 is 1. The van der Waals surface area contributed by atoms with Crippen LogP contribution in [0.1, 0.15) is 22.3 Å². The van der Waals surface area contributed by atoms with E-state index in [2.05, 4.69) is 20.8 Å². The van der Waals surface area contributed by atoms with Crippen molar-refractivity contribution in [2.75, 3.05) is 19.0 Å². The summed E-state index contributed by atoms with van der Waals surface area (Å²) in [4.78, 5) is 12.7. The molecule has 1 unspecified atom stereocenters. The number of carbonyl (C=O) groups excluding carboxylic acids is 1. The molecule has 9 nitrogen and oxygen atoms in total. The second-order valence-corrected chi connectivity index (χ2v) is 9.04. The van der Waals surface area contributed by atoms with Gasteiger partial charge in [-0.3, -0.25) is 0 Å². The number of aryl methyl sites for hydroxylation is 2. The van der Waals surface area contributed by atoms with Crippen molar-refractivity contribution >= 4 is 21.6 Å². The molecule has 148 valence electrons. The van der Waals surface area contributed by atoms with Crippen LogP contribution < -0.4 is 15.2 Å². The van der Waals surface area contributed by atoms with Crippen LogP contribution in [0.15, 0.2) is 21.5 Å². The standard InChI is InChI=1S/C18H21N5O4S/c1-26-12-8-23-17(27-9-12)15(7-20-23)28(19,25)22-18(24)21-16-13-4-2-10(13)6-11-3-5-14(11)16/h6-7,12H,2-5,8-9H2,1H3,(H3,19,21,22,24,25)/t12-,28?/m0/s1. The average molecular weight is 403 g/mol. The van der Waals surface area contributed by atoms with Gasteiger partial charge in [-0.1, -0.05) is 6.07 Å². The van der Waals surface area contributed by atoms with Crippen LogP contribution in [0.3, 0.4) is 0 Å². The molecule has 2 atom stereocenters. The second kappa shape index (κ2) is 6.29. The lowest BCUT2D eigenvalue weighted by molar-refractivity contribution is 0.0165. The van der Waals surface area contributed by atoms with Crippen LogP contribution in [0, 0.1) is 0 Å². The highest BCUT2D eigenvalue weighted by Crippen LogP contribution is 2.40. The lowest BCUT2D eigenvalue weighted by Crippen LogP contribution is -2.32. The largest absolute Gasteiger partial charge is 0.474 e. The molecule has 2 aliphatic carbocycles. The van der Waals surface area contributed by atoms with Crippen molar-refractivity contribution in [2.24, 2.45) is 9.50 Å². The first-order valence-corrected chi connectivity index (χ1v) is 10.8. The van der Waals surface area contributed by atoms with Gasteiger partial charge in [0, 0.05) is 12.8 Å². The van der Waals surface area contributed by atoms with Gasteiger partial charge < -0.3 is 14.8 Å². The SMILES string of the molecule is CO[C@@H]1COc2c(S(N)(=O)=NC(=O)Nc3c4c(cc5c3CC5)CC4)cnn2C1. The van der Waals surface area contributed by atoms with Gasteiger partial charge in [-0.15, -0.1) is 4.36 Å². The molecule has 2 amide bonds. The smallest absolute Gasteiger partial charge is 0.354 e. The van der Waals surface area contributed by atoms with E-state index in [9.17, 15) is 9.00 Å². The summed E-state index contributed by atoms with van der Waals surface area (Å²) in [5, 5.41) is 12.9. The van der Waals surface area contributed by atoms with Gasteiger partial charge in [0.05, 0.1) is 12.7 Å². The van der Waals surface area contributed by atoms with Crippen molar-refractivity contribution in [1.82, 2.24) is 9.78 Å². The first-order valence-electron chi connectivity index (χ1n) is 9.20. The Labute approximate surface area is 162 Å². The van der Waals surface area contributed by atoms with E-state index >= 15 is 0 Å². The third kappa shape index (κ3) is 2.71. The van der Waals surface area contributed by atoms with Gasteiger partial charge in [0.2, 0.25) is 5.88 Å². The summed E-state index contributed by atoms with van der Waals surface area (Å²) in [5.74, 6) is 0.269. The quantitative estimate of drug-likeness (QED) is 0.803. The summed E-state index contributed by atoms with van der Waals surface area (Å²) in [5.41, 5.74) is 5.68. The molecular formula is C18H21N5O4S. The van der Waals surface area contributed by atoms with Crippen molar-refractivity contribution in [2.45, 2.75) is 43.2 Å². The van der Waals surface area contributed by atoms with Gasteiger partial charge >= 0.3 is 6.03 Å². The van der Waals surface area contributed by atoms with Crippen molar-refractivity contribution in [3.8, 4) is 5.88 Å². The van der Waals surface area contributed by atoms with E-state index in [4.69, 9.17) is 14.6 Å². The van der Waals surface area contributed by atoms with Crippen molar-refractivity contribution in [3.63, 3.8) is 0 Å². The fourth-order valence-corrected chi connectivity index (χ4v) is 4.92. The molecule has 0 bridgehead atoms. The number of anilines is 1. The molecule has 2 heterocycles. The van der Waals surface area contributed by atoms with E-state index in [1.54, 1.807) is 7.11 Å². The van der Waals surface area contributed by atoms with Crippen molar-refractivity contribution < 1.29 is 18.5 Å². The van der Waals surface area contributed by atoms with Gasteiger partial charge in [-0.2, -0.15) is 5.10 Å². The third-order valence-corrected chi connectivity index (χ3v) is 7.00. The Kier molecular flexibility index (Phi) is 3.97. The number of aromatic nitrogens is 2. The molecule has 3 aliphatic rings. The zero-order valence-corrected chi connectivity index (χ0v) is 16.3. The predicted molar refractivity (Wildman–Crippen MR) is 102 cm³/mol. The second-order valence-electron chi connectivity index (χ2n) is 7.28. The predicted octanol–water partition coefficient (Wildman–Crippen LogP) is 1.42. The molecule has 0 spiro atoms. The van der Waals surface area contributed by atoms with Crippen LogP contribution in [-0.2, 0) is 46.9 Å². The Morgan fingerprint density at radius 3 is 2.68 bits per heavy atom. The van der Waals surface area contributed by atoms with E-state index < -0.39 is 15.9 Å². The van der Waals surface area contributed by atoms with Crippen LogP contribution >= 0.6 is 0 Å². The van der Waals surface area contributed by atoms with Crippen LogP contribution in [0.2, 0.25) is 0 Å². The number of ether oxygens (including phenoxy) is 2. The van der Waals surface area contributed by atoms with Crippen molar-refractivity contribution in [1.29, 1.82) is 0 Å². The maximum atomic E-state index is 13.0. The number of nitrogens with two attached hydrogens (primary N) is 1. The number of hydrogen-bond donors (Lipinski definition) is 2. The first-order chi connectivity index (χ1) is 13.5. The molecule has 2 aromatic rings. The zero-order valence-electron chi connectivity index (χ0n) is 15.4. The summed E-state index contributed by atoms with van der Waals surface area (Å²) in [6.45, 7) is 0.745. The Bertz CT molecular complexity index is 1090. The summed E-state index contributed by atoms with van der Waals surface area (Å²) in [6.07, 6.45) is 5.11. The van der Waals surface area contributed by atoms with Crippen LogP contribution in [-0.4, -0.2) is 39.8 Å². The third-order valence-electron chi connectivity index (χ3n) is 5.66. The Hall–Kier alpha value is -2.43. The minimum absolute atomic E-state index is 0.117. The van der Waals surface area contributed by atoms with Gasteiger partial charge in [-0.25, -0.2) is 18.8 Å². The summed E-state index contributed by atoms with van der Waals surface area (Å²) < 4.78 is 29.1. The van der Waals surface area contributed by atoms with Crippen molar-refractivity contribution in [3.05, 3.63) is 34.5 Å². The highest BCUT2D eigenvalue weighted by molar-refractivity contribution is 7.91. The van der Waals surface area contributed by atoms with Gasteiger partial charge in [0.15, 0.2) is 9.92 Å². The number of rotatable bonds is 3. The van der Waals surface area contributed by atoms with E-state index in [1.165, 1.54) is 22.0 Å². The number of carbonyl (C=O) groups is 1. The minimum Gasteiger partial charge on any atom is -0.474 e. The lowest BCUT2D eigenvalue weighted by atomic mass is 9.76. The summed E-state index contributed by atoms with van der Waals surface area (Å²) in [6, 6.07) is 1.51. The maximum Gasteiger partial charge on any atom is 0.354 e. The molecule has 10 heteroatoms. The Morgan fingerprint density at radius 1 is 1.36 bits per heavy atom. The Balaban J connectivity index is 1.43. The van der Waals surface area contributed by atoms with Crippen LogP contribution in [0.25, 0.3) is 0 Å². The summed E-state index contributed by atoms with van der Waals surface area (Å²) >= 11 is 0. The molecule has 28 heavy (non-hydrogen) atoms. The average Bonchev–Trinajstić information content (AvgIpc) is 3.02. The molecule has 1 aromatic heterocycles. The fraction of sp³-hybridized carbons (Fsp3) is 0.444. The molecular weight excluding hydrogens is 382 g/mol. The summed E-state index contributed by atoms with van der Waals surface area (Å²) in [7, 11) is -1.91. The number of urea groups is 1. The molecule has 0 saturated carbocycles. The number of hydrogen-bond acceptors (Lipinski definition) is 5. The molecule has 1 aliphatic heterocycles. The molecule has 0 radical (unpaired) electrons. The topological polar surface area (TPSA) is 121 Å². The molecule has 1 aromatic carbocycles. The highest BCUT2D eigenvalue weighted by atomic mass is 32.2.